The Hall–Kier alpha value is -0.820. The third kappa shape index (κ3) is 2.71. The number of aliphatic hydroxyl groups excluding tert-OH is 1. The highest BCUT2D eigenvalue weighted by atomic mass is 16.3. The molecule has 1 aromatic carbocycles. The van der Waals surface area contributed by atoms with Gasteiger partial charge in [-0.15, -0.1) is 0 Å². The molecule has 94 valence electrons. The van der Waals surface area contributed by atoms with Crippen molar-refractivity contribution in [3.05, 3.63) is 34.9 Å². The van der Waals surface area contributed by atoms with Crippen LogP contribution in [0.2, 0.25) is 0 Å². The summed E-state index contributed by atoms with van der Waals surface area (Å²) in [5, 5.41) is 10.7. The molecule has 1 aromatic rings. The lowest BCUT2D eigenvalue weighted by molar-refractivity contribution is 0.00812. The fraction of sp³-hybridized carbons (Fsp3) is 0.625. The van der Waals surface area contributed by atoms with E-state index in [1.165, 1.54) is 30.4 Å². The zero-order valence-corrected chi connectivity index (χ0v) is 11.3. The maximum atomic E-state index is 10.7. The van der Waals surface area contributed by atoms with E-state index in [1.807, 2.05) is 0 Å². The van der Waals surface area contributed by atoms with Gasteiger partial charge < -0.3 is 5.11 Å². The van der Waals surface area contributed by atoms with Gasteiger partial charge in [-0.05, 0) is 37.7 Å². The normalized spacial score (nSPS) is 21.2. The molecule has 1 heteroatoms. The van der Waals surface area contributed by atoms with Crippen LogP contribution in [0.3, 0.4) is 0 Å². The van der Waals surface area contributed by atoms with E-state index in [1.54, 1.807) is 0 Å². The molecule has 1 N–H and O–H groups in total. The highest BCUT2D eigenvalue weighted by Gasteiger charge is 2.35. The Morgan fingerprint density at radius 3 is 2.06 bits per heavy atom. The molecular formula is C16H24O. The summed E-state index contributed by atoms with van der Waals surface area (Å²) in [5.41, 5.74) is 3.68. The molecule has 1 atom stereocenters. The predicted octanol–water partition coefficient (Wildman–Crippen LogP) is 4.31. The minimum absolute atomic E-state index is 0.0818. The molecule has 0 aromatic heterocycles. The summed E-state index contributed by atoms with van der Waals surface area (Å²) in [4.78, 5) is 0. The predicted molar refractivity (Wildman–Crippen MR) is 72.1 cm³/mol. The number of aliphatic hydroxyl groups is 1. The van der Waals surface area contributed by atoms with E-state index in [9.17, 15) is 5.11 Å². The number of rotatable bonds is 2. The molecule has 1 saturated carbocycles. The Bertz CT molecular complexity index is 368. The second kappa shape index (κ2) is 4.81. The van der Waals surface area contributed by atoms with Gasteiger partial charge in [0.2, 0.25) is 0 Å². The summed E-state index contributed by atoms with van der Waals surface area (Å²) in [5.74, 6) is 0. The van der Waals surface area contributed by atoms with Crippen molar-refractivity contribution in [3.63, 3.8) is 0 Å². The van der Waals surface area contributed by atoms with Gasteiger partial charge >= 0.3 is 0 Å². The summed E-state index contributed by atoms with van der Waals surface area (Å²) >= 11 is 0. The third-order valence-corrected chi connectivity index (χ3v) is 4.22. The van der Waals surface area contributed by atoms with Crippen LogP contribution in [0.1, 0.15) is 61.8 Å². The summed E-state index contributed by atoms with van der Waals surface area (Å²) in [7, 11) is 0. The Balaban J connectivity index is 2.26. The number of benzene rings is 1. The molecule has 1 aliphatic rings. The first kappa shape index (κ1) is 12.6. The maximum absolute atomic E-state index is 10.7. The second-order valence-corrected chi connectivity index (χ2v) is 6.04. The van der Waals surface area contributed by atoms with Crippen molar-refractivity contribution >= 4 is 0 Å². The van der Waals surface area contributed by atoms with Gasteiger partial charge in [0.15, 0.2) is 0 Å². The summed E-state index contributed by atoms with van der Waals surface area (Å²) in [6.45, 7) is 6.45. The van der Waals surface area contributed by atoms with Crippen LogP contribution in [0.25, 0.3) is 0 Å². The van der Waals surface area contributed by atoms with Gasteiger partial charge in [-0.1, -0.05) is 55.5 Å². The number of hydrogen-bond donors (Lipinski definition) is 1. The van der Waals surface area contributed by atoms with Crippen molar-refractivity contribution in [2.75, 3.05) is 0 Å². The highest BCUT2D eigenvalue weighted by Crippen LogP contribution is 2.45. The SMILES string of the molecule is Cc1cc(C)cc(C(O)C2(C)CCCCC2)c1. The first-order valence-electron chi connectivity index (χ1n) is 6.77. The van der Waals surface area contributed by atoms with Crippen molar-refractivity contribution in [2.24, 2.45) is 5.41 Å². The number of hydrogen-bond acceptors (Lipinski definition) is 1. The standard InChI is InChI=1S/C16H24O/c1-12-9-13(2)11-14(10-12)15(17)16(3)7-5-4-6-8-16/h9-11,15,17H,4-8H2,1-3H3. The second-order valence-electron chi connectivity index (χ2n) is 6.04. The quantitative estimate of drug-likeness (QED) is 0.805. The molecule has 0 heterocycles. The lowest BCUT2D eigenvalue weighted by Gasteiger charge is -2.38. The van der Waals surface area contributed by atoms with Crippen LogP contribution in [0.15, 0.2) is 18.2 Å². The maximum Gasteiger partial charge on any atom is 0.0843 e. The summed E-state index contributed by atoms with van der Waals surface area (Å²) in [6, 6.07) is 6.44. The molecule has 1 unspecified atom stereocenters. The number of aryl methyl sites for hydroxylation is 2. The summed E-state index contributed by atoms with van der Waals surface area (Å²) in [6.07, 6.45) is 5.86. The van der Waals surface area contributed by atoms with Crippen LogP contribution < -0.4 is 0 Å². The first-order valence-corrected chi connectivity index (χ1v) is 6.77. The van der Waals surface area contributed by atoms with Crippen molar-refractivity contribution in [1.29, 1.82) is 0 Å². The van der Waals surface area contributed by atoms with E-state index in [0.29, 0.717) is 0 Å². The highest BCUT2D eigenvalue weighted by molar-refractivity contribution is 5.30. The topological polar surface area (TPSA) is 20.2 Å². The lowest BCUT2D eigenvalue weighted by atomic mass is 9.70. The summed E-state index contributed by atoms with van der Waals surface area (Å²) < 4.78 is 0. The Kier molecular flexibility index (Phi) is 3.58. The van der Waals surface area contributed by atoms with Crippen molar-refractivity contribution < 1.29 is 5.11 Å². The molecule has 1 aliphatic carbocycles. The zero-order valence-electron chi connectivity index (χ0n) is 11.3. The van der Waals surface area contributed by atoms with Crippen LogP contribution in [0, 0.1) is 19.3 Å². The van der Waals surface area contributed by atoms with Crippen LogP contribution in [0.5, 0.6) is 0 Å². The molecule has 0 aliphatic heterocycles. The molecule has 17 heavy (non-hydrogen) atoms. The largest absolute Gasteiger partial charge is 0.388 e. The minimum atomic E-state index is -0.304. The minimum Gasteiger partial charge on any atom is -0.388 e. The van der Waals surface area contributed by atoms with Gasteiger partial charge in [0.1, 0.15) is 0 Å². The van der Waals surface area contributed by atoms with Crippen molar-refractivity contribution in [1.82, 2.24) is 0 Å². The molecule has 0 saturated heterocycles. The van der Waals surface area contributed by atoms with E-state index in [2.05, 4.69) is 39.0 Å². The monoisotopic (exact) mass is 232 g/mol. The van der Waals surface area contributed by atoms with Gasteiger partial charge in [-0.3, -0.25) is 0 Å². The van der Waals surface area contributed by atoms with Crippen molar-refractivity contribution in [3.8, 4) is 0 Å². The molecule has 2 rings (SSSR count). The Labute approximate surface area is 105 Å². The smallest absolute Gasteiger partial charge is 0.0843 e. The van der Waals surface area contributed by atoms with Crippen molar-refractivity contribution in [2.45, 2.75) is 59.0 Å². The molecule has 1 fully saturated rings. The van der Waals surface area contributed by atoms with Gasteiger partial charge in [0.25, 0.3) is 0 Å². The Morgan fingerprint density at radius 2 is 1.53 bits per heavy atom. The first-order chi connectivity index (χ1) is 8.01. The lowest BCUT2D eigenvalue weighted by Crippen LogP contribution is -2.28. The van der Waals surface area contributed by atoms with Gasteiger partial charge in [0.05, 0.1) is 6.10 Å². The van der Waals surface area contributed by atoms with Crippen LogP contribution in [0.4, 0.5) is 0 Å². The fourth-order valence-corrected chi connectivity index (χ4v) is 3.20. The van der Waals surface area contributed by atoms with E-state index >= 15 is 0 Å². The van der Waals surface area contributed by atoms with Crippen LogP contribution in [-0.4, -0.2) is 5.11 Å². The fourth-order valence-electron chi connectivity index (χ4n) is 3.20. The van der Waals surface area contributed by atoms with E-state index < -0.39 is 0 Å². The average Bonchev–Trinajstić information content (AvgIpc) is 2.27. The van der Waals surface area contributed by atoms with E-state index in [-0.39, 0.29) is 11.5 Å². The van der Waals surface area contributed by atoms with Crippen LogP contribution in [-0.2, 0) is 0 Å². The molecule has 1 nitrogen and oxygen atoms in total. The third-order valence-electron chi connectivity index (χ3n) is 4.22. The van der Waals surface area contributed by atoms with E-state index in [4.69, 9.17) is 0 Å². The van der Waals surface area contributed by atoms with E-state index in [0.717, 1.165) is 18.4 Å². The Morgan fingerprint density at radius 1 is 1.00 bits per heavy atom. The molecule has 0 bridgehead atoms. The molecular weight excluding hydrogens is 208 g/mol. The average molecular weight is 232 g/mol. The van der Waals surface area contributed by atoms with Gasteiger partial charge in [0, 0.05) is 0 Å². The molecule has 0 spiro atoms. The van der Waals surface area contributed by atoms with Gasteiger partial charge in [-0.2, -0.15) is 0 Å². The van der Waals surface area contributed by atoms with Crippen LogP contribution >= 0.6 is 0 Å². The zero-order chi connectivity index (χ0) is 12.5. The molecule has 0 amide bonds. The van der Waals surface area contributed by atoms with Gasteiger partial charge in [-0.25, -0.2) is 0 Å². The molecule has 0 radical (unpaired) electrons.